The number of nitrogens with zero attached hydrogens (tertiary/aromatic N) is 1. The summed E-state index contributed by atoms with van der Waals surface area (Å²) in [5.74, 6) is -2.16. The number of hydrogen-bond acceptors (Lipinski definition) is 4. The maximum atomic E-state index is 14.0. The van der Waals surface area contributed by atoms with Gasteiger partial charge in [-0.15, -0.1) is 0 Å². The van der Waals surface area contributed by atoms with Crippen molar-refractivity contribution >= 4 is 11.9 Å². The van der Waals surface area contributed by atoms with Crippen LogP contribution in [0.15, 0.2) is 18.2 Å². The molecule has 7 heteroatoms. The number of halogens is 1. The van der Waals surface area contributed by atoms with Gasteiger partial charge in [-0.05, 0) is 18.6 Å². The van der Waals surface area contributed by atoms with E-state index in [0.717, 1.165) is 0 Å². The highest BCUT2D eigenvalue weighted by Gasteiger charge is 2.47. The van der Waals surface area contributed by atoms with E-state index in [-0.39, 0.29) is 37.4 Å². The zero-order chi connectivity index (χ0) is 16.3. The van der Waals surface area contributed by atoms with E-state index in [1.165, 1.54) is 37.3 Å². The Kier molecular flexibility index (Phi) is 4.65. The van der Waals surface area contributed by atoms with Crippen LogP contribution >= 0.6 is 0 Å². The molecule has 1 unspecified atom stereocenters. The van der Waals surface area contributed by atoms with Gasteiger partial charge < -0.3 is 19.5 Å². The maximum Gasteiger partial charge on any atom is 0.313 e. The van der Waals surface area contributed by atoms with Crippen LogP contribution in [-0.2, 0) is 9.53 Å². The predicted octanol–water partition coefficient (Wildman–Crippen LogP) is 1.40. The van der Waals surface area contributed by atoms with E-state index in [0.29, 0.717) is 0 Å². The summed E-state index contributed by atoms with van der Waals surface area (Å²) in [4.78, 5) is 25.4. The first kappa shape index (κ1) is 16.2. The molecule has 1 aliphatic rings. The monoisotopic (exact) mass is 311 g/mol. The molecule has 22 heavy (non-hydrogen) atoms. The first-order valence-corrected chi connectivity index (χ1v) is 6.79. The van der Waals surface area contributed by atoms with Gasteiger partial charge in [0.25, 0.3) is 5.91 Å². The van der Waals surface area contributed by atoms with Gasteiger partial charge in [0.15, 0.2) is 0 Å². The molecule has 1 N–H and O–H groups in total. The fourth-order valence-corrected chi connectivity index (χ4v) is 2.72. The van der Waals surface area contributed by atoms with Gasteiger partial charge in [-0.2, -0.15) is 0 Å². The average Bonchev–Trinajstić information content (AvgIpc) is 2.92. The number of hydrogen-bond donors (Lipinski definition) is 1. The Morgan fingerprint density at radius 1 is 1.41 bits per heavy atom. The minimum atomic E-state index is -1.15. The van der Waals surface area contributed by atoms with E-state index < -0.39 is 23.1 Å². The van der Waals surface area contributed by atoms with Crippen molar-refractivity contribution in [3.63, 3.8) is 0 Å². The smallest absolute Gasteiger partial charge is 0.313 e. The first-order valence-electron chi connectivity index (χ1n) is 6.79. The largest absolute Gasteiger partial charge is 0.496 e. The minimum absolute atomic E-state index is 0.000516. The molecule has 0 aliphatic carbocycles. The van der Waals surface area contributed by atoms with Gasteiger partial charge in [-0.1, -0.05) is 6.07 Å². The van der Waals surface area contributed by atoms with E-state index >= 15 is 0 Å². The lowest BCUT2D eigenvalue weighted by Crippen LogP contribution is -2.40. The second kappa shape index (κ2) is 6.31. The predicted molar refractivity (Wildman–Crippen MR) is 75.4 cm³/mol. The molecule has 1 aromatic rings. The van der Waals surface area contributed by atoms with Gasteiger partial charge in [-0.3, -0.25) is 9.59 Å². The van der Waals surface area contributed by atoms with Crippen LogP contribution in [0.5, 0.6) is 5.75 Å². The Labute approximate surface area is 127 Å². The van der Waals surface area contributed by atoms with Gasteiger partial charge in [0.1, 0.15) is 22.5 Å². The Morgan fingerprint density at radius 2 is 2.14 bits per heavy atom. The number of carboxylic acid groups (broad SMARTS) is 1. The SMILES string of the molecule is COCC1(C(=O)O)CCN(C(=O)c2c(F)cccc2OC)C1. The van der Waals surface area contributed by atoms with E-state index in [2.05, 4.69) is 0 Å². The number of rotatable bonds is 5. The molecule has 0 saturated carbocycles. The molecule has 1 amide bonds. The molecule has 1 heterocycles. The molecule has 2 rings (SSSR count). The maximum absolute atomic E-state index is 14.0. The molecular weight excluding hydrogens is 293 g/mol. The molecule has 1 atom stereocenters. The normalized spacial score (nSPS) is 21.0. The third kappa shape index (κ3) is 2.76. The Bertz CT molecular complexity index is 591. The number of methoxy groups -OCH3 is 2. The molecule has 1 aromatic carbocycles. The topological polar surface area (TPSA) is 76.1 Å². The second-order valence-electron chi connectivity index (χ2n) is 5.31. The van der Waals surface area contributed by atoms with Crippen LogP contribution in [0.1, 0.15) is 16.8 Å². The average molecular weight is 311 g/mol. The molecule has 1 fully saturated rings. The molecule has 0 radical (unpaired) electrons. The van der Waals surface area contributed by atoms with Crippen LogP contribution in [0.4, 0.5) is 4.39 Å². The number of carbonyl (C=O) groups excluding carboxylic acids is 1. The fourth-order valence-electron chi connectivity index (χ4n) is 2.72. The summed E-state index contributed by atoms with van der Waals surface area (Å²) in [6, 6.07) is 4.11. The molecule has 0 aromatic heterocycles. The van der Waals surface area contributed by atoms with Crippen molar-refractivity contribution in [2.24, 2.45) is 5.41 Å². The van der Waals surface area contributed by atoms with Crippen LogP contribution in [0.25, 0.3) is 0 Å². The van der Waals surface area contributed by atoms with Crippen molar-refractivity contribution in [1.82, 2.24) is 4.90 Å². The van der Waals surface area contributed by atoms with E-state index in [4.69, 9.17) is 9.47 Å². The lowest BCUT2D eigenvalue weighted by Gasteiger charge is -2.24. The number of carbonyl (C=O) groups is 2. The molecular formula is C15H18FNO5. The van der Waals surface area contributed by atoms with Gasteiger partial charge in [0, 0.05) is 20.2 Å². The summed E-state index contributed by atoms with van der Waals surface area (Å²) in [7, 11) is 2.76. The van der Waals surface area contributed by atoms with Crippen molar-refractivity contribution < 1.29 is 28.6 Å². The zero-order valence-electron chi connectivity index (χ0n) is 12.5. The van der Waals surface area contributed by atoms with Crippen LogP contribution < -0.4 is 4.74 Å². The number of amides is 1. The van der Waals surface area contributed by atoms with Crippen LogP contribution in [-0.4, -0.2) is 55.8 Å². The number of likely N-dealkylation sites (tertiary alicyclic amines) is 1. The lowest BCUT2D eigenvalue weighted by molar-refractivity contribution is -0.151. The van der Waals surface area contributed by atoms with Crippen molar-refractivity contribution in [2.45, 2.75) is 6.42 Å². The summed E-state index contributed by atoms with van der Waals surface area (Å²) >= 11 is 0. The van der Waals surface area contributed by atoms with Crippen LogP contribution in [0, 0.1) is 11.2 Å². The molecule has 0 bridgehead atoms. The van der Waals surface area contributed by atoms with E-state index in [1.54, 1.807) is 0 Å². The van der Waals surface area contributed by atoms with Crippen molar-refractivity contribution in [2.75, 3.05) is 33.9 Å². The zero-order valence-corrected chi connectivity index (χ0v) is 12.5. The highest BCUT2D eigenvalue weighted by atomic mass is 19.1. The van der Waals surface area contributed by atoms with Crippen molar-refractivity contribution in [1.29, 1.82) is 0 Å². The number of aliphatic carboxylic acids is 1. The van der Waals surface area contributed by atoms with Crippen molar-refractivity contribution in [3.8, 4) is 5.75 Å². The Hall–Kier alpha value is -2.15. The minimum Gasteiger partial charge on any atom is -0.496 e. The first-order chi connectivity index (χ1) is 10.4. The van der Waals surface area contributed by atoms with Crippen LogP contribution in [0.3, 0.4) is 0 Å². The highest BCUT2D eigenvalue weighted by Crippen LogP contribution is 2.33. The summed E-state index contributed by atoms with van der Waals surface area (Å²) < 4.78 is 24.0. The molecule has 1 aliphatic heterocycles. The number of carboxylic acids is 1. The van der Waals surface area contributed by atoms with Crippen molar-refractivity contribution in [3.05, 3.63) is 29.6 Å². The second-order valence-corrected chi connectivity index (χ2v) is 5.31. The van der Waals surface area contributed by atoms with E-state index in [9.17, 15) is 19.1 Å². The summed E-state index contributed by atoms with van der Waals surface area (Å²) in [6.45, 7) is 0.207. The molecule has 1 saturated heterocycles. The quantitative estimate of drug-likeness (QED) is 0.889. The Balaban J connectivity index is 2.28. The molecule has 120 valence electrons. The third-order valence-corrected chi connectivity index (χ3v) is 3.92. The van der Waals surface area contributed by atoms with Crippen LogP contribution in [0.2, 0.25) is 0 Å². The Morgan fingerprint density at radius 3 is 2.73 bits per heavy atom. The third-order valence-electron chi connectivity index (χ3n) is 3.92. The fraction of sp³-hybridized carbons (Fsp3) is 0.467. The number of benzene rings is 1. The summed E-state index contributed by atoms with van der Waals surface area (Å²) in [6.07, 6.45) is 0.263. The highest BCUT2D eigenvalue weighted by molar-refractivity contribution is 5.98. The van der Waals surface area contributed by atoms with Gasteiger partial charge in [0.2, 0.25) is 0 Å². The summed E-state index contributed by atoms with van der Waals surface area (Å²) in [5, 5.41) is 9.40. The van der Waals surface area contributed by atoms with E-state index in [1.807, 2.05) is 0 Å². The molecule has 0 spiro atoms. The number of ether oxygens (including phenoxy) is 2. The van der Waals surface area contributed by atoms with Gasteiger partial charge in [0.05, 0.1) is 13.7 Å². The molecule has 6 nitrogen and oxygen atoms in total. The summed E-state index contributed by atoms with van der Waals surface area (Å²) in [5.41, 5.74) is -1.33. The van der Waals surface area contributed by atoms with Gasteiger partial charge >= 0.3 is 5.97 Å². The standard InChI is InChI=1S/C15H18FNO5/c1-21-9-15(14(19)20)6-7-17(8-15)13(18)12-10(16)4-3-5-11(12)22-2/h3-5H,6-9H2,1-2H3,(H,19,20). The lowest BCUT2D eigenvalue weighted by atomic mass is 9.88. The van der Waals surface area contributed by atoms with Gasteiger partial charge in [-0.25, -0.2) is 4.39 Å².